The van der Waals surface area contributed by atoms with Crippen molar-refractivity contribution >= 4 is 40.4 Å². The van der Waals surface area contributed by atoms with E-state index >= 15 is 0 Å². The smallest absolute Gasteiger partial charge is 0.242 e. The molecule has 0 aromatic heterocycles. The normalized spacial score (nSPS) is 12.1. The highest BCUT2D eigenvalue weighted by atomic mass is 35.5. The summed E-state index contributed by atoms with van der Waals surface area (Å²) in [5, 5.41) is 6.42. The first kappa shape index (κ1) is 16.7. The molecule has 0 saturated heterocycles. The van der Waals surface area contributed by atoms with Gasteiger partial charge in [0.2, 0.25) is 5.91 Å². The highest BCUT2D eigenvalue weighted by Crippen LogP contribution is 2.23. The summed E-state index contributed by atoms with van der Waals surface area (Å²) >= 11 is 11.0. The first-order valence-electron chi connectivity index (χ1n) is 6.45. The Morgan fingerprint density at radius 3 is 2.55 bits per heavy atom. The molecule has 0 spiro atoms. The van der Waals surface area contributed by atoms with Gasteiger partial charge in [-0.1, -0.05) is 37.7 Å². The summed E-state index contributed by atoms with van der Waals surface area (Å²) in [6.07, 6.45) is 0. The van der Waals surface area contributed by atoms with Gasteiger partial charge < -0.3 is 16.4 Å². The number of rotatable bonds is 6. The Hall–Kier alpha value is -1.33. The zero-order chi connectivity index (χ0) is 15.3. The molecule has 1 unspecified atom stereocenters. The third-order valence-electron chi connectivity index (χ3n) is 2.70. The van der Waals surface area contributed by atoms with Crippen molar-refractivity contribution in [2.75, 3.05) is 11.9 Å². The number of hydrogen-bond acceptors (Lipinski definition) is 3. The fraction of sp³-hybridized carbons (Fsp3) is 0.429. The zero-order valence-corrected chi connectivity index (χ0v) is 13.4. The van der Waals surface area contributed by atoms with Crippen molar-refractivity contribution < 1.29 is 4.79 Å². The molecule has 1 atom stereocenters. The summed E-state index contributed by atoms with van der Waals surface area (Å²) in [7, 11) is 0. The lowest BCUT2D eigenvalue weighted by Gasteiger charge is -2.17. The van der Waals surface area contributed by atoms with E-state index in [0.717, 1.165) is 0 Å². The van der Waals surface area contributed by atoms with Crippen molar-refractivity contribution in [3.63, 3.8) is 0 Å². The summed E-state index contributed by atoms with van der Waals surface area (Å²) in [6, 6.07) is 4.85. The molecule has 1 rings (SSSR count). The Labute approximate surface area is 130 Å². The van der Waals surface area contributed by atoms with Crippen molar-refractivity contribution in [1.82, 2.24) is 5.32 Å². The quantitative estimate of drug-likeness (QED) is 0.706. The zero-order valence-electron chi connectivity index (χ0n) is 11.9. The molecule has 0 saturated carbocycles. The Morgan fingerprint density at radius 2 is 2.05 bits per heavy atom. The van der Waals surface area contributed by atoms with E-state index in [9.17, 15) is 4.79 Å². The summed E-state index contributed by atoms with van der Waals surface area (Å²) in [5.74, 6) is 0.354. The molecule has 1 amide bonds. The van der Waals surface area contributed by atoms with Crippen LogP contribution in [0.25, 0.3) is 0 Å². The van der Waals surface area contributed by atoms with Crippen LogP contribution < -0.4 is 16.4 Å². The van der Waals surface area contributed by atoms with Crippen molar-refractivity contribution in [3.05, 3.63) is 28.8 Å². The number of nitrogens with two attached hydrogens (primary N) is 1. The largest absolute Gasteiger partial charge is 0.389 e. The maximum Gasteiger partial charge on any atom is 0.242 e. The minimum atomic E-state index is -0.373. The molecule has 0 aliphatic carbocycles. The summed E-state index contributed by atoms with van der Waals surface area (Å²) < 4.78 is 0. The number of amides is 1. The third kappa shape index (κ3) is 4.98. The minimum Gasteiger partial charge on any atom is -0.389 e. The fourth-order valence-corrected chi connectivity index (χ4v) is 1.90. The second kappa shape index (κ2) is 7.45. The number of nitrogens with one attached hydrogen (secondary N) is 2. The molecule has 0 bridgehead atoms. The van der Waals surface area contributed by atoms with E-state index in [1.54, 1.807) is 25.1 Å². The first-order chi connectivity index (χ1) is 9.31. The molecule has 4 nitrogen and oxygen atoms in total. The SMILES string of the molecule is CC(C)CNC(=O)C(C)Nc1ccc(C(N)=S)cc1Cl. The standard InChI is InChI=1S/C14H20ClN3OS/c1-8(2)7-17-14(19)9(3)18-12-5-4-10(13(16)20)6-11(12)15/h4-6,8-9,18H,7H2,1-3H3,(H2,16,20)(H,17,19). The average Bonchev–Trinajstić information content (AvgIpc) is 2.37. The number of benzene rings is 1. The van der Waals surface area contributed by atoms with Crippen LogP contribution in [0.15, 0.2) is 18.2 Å². The number of carbonyl (C=O) groups excluding carboxylic acids is 1. The van der Waals surface area contributed by atoms with Gasteiger partial charge in [0.1, 0.15) is 11.0 Å². The molecule has 0 heterocycles. The molecule has 6 heteroatoms. The maximum absolute atomic E-state index is 11.9. The number of thiocarbonyl (C=S) groups is 1. The van der Waals surface area contributed by atoms with Gasteiger partial charge in [0.25, 0.3) is 0 Å². The van der Waals surface area contributed by atoms with Gasteiger partial charge in [-0.25, -0.2) is 0 Å². The van der Waals surface area contributed by atoms with Crippen molar-refractivity contribution in [2.45, 2.75) is 26.8 Å². The van der Waals surface area contributed by atoms with Gasteiger partial charge in [-0.2, -0.15) is 0 Å². The lowest BCUT2D eigenvalue weighted by molar-refractivity contribution is -0.121. The molecule has 1 aromatic carbocycles. The Balaban J connectivity index is 2.68. The van der Waals surface area contributed by atoms with Crippen LogP contribution in [0.4, 0.5) is 5.69 Å². The van der Waals surface area contributed by atoms with Gasteiger partial charge in [0.05, 0.1) is 10.7 Å². The van der Waals surface area contributed by atoms with Crippen LogP contribution in [-0.2, 0) is 4.79 Å². The number of halogens is 1. The highest BCUT2D eigenvalue weighted by molar-refractivity contribution is 7.80. The van der Waals surface area contributed by atoms with E-state index in [1.807, 2.05) is 13.8 Å². The topological polar surface area (TPSA) is 67.2 Å². The number of hydrogen-bond donors (Lipinski definition) is 3. The minimum absolute atomic E-state index is 0.0619. The molecular weight excluding hydrogens is 294 g/mol. The van der Waals surface area contributed by atoms with Gasteiger partial charge in [-0.15, -0.1) is 0 Å². The molecular formula is C14H20ClN3OS. The lowest BCUT2D eigenvalue weighted by Crippen LogP contribution is -2.39. The summed E-state index contributed by atoms with van der Waals surface area (Å²) in [4.78, 5) is 12.2. The predicted octanol–water partition coefficient (Wildman–Crippen LogP) is 2.55. The third-order valence-corrected chi connectivity index (χ3v) is 3.25. The summed E-state index contributed by atoms with van der Waals surface area (Å²) in [6.45, 7) is 6.53. The van der Waals surface area contributed by atoms with Crippen LogP contribution in [0, 0.1) is 5.92 Å². The summed E-state index contributed by atoms with van der Waals surface area (Å²) in [5.41, 5.74) is 6.92. The first-order valence-corrected chi connectivity index (χ1v) is 7.23. The highest BCUT2D eigenvalue weighted by Gasteiger charge is 2.14. The van der Waals surface area contributed by atoms with Crippen molar-refractivity contribution in [3.8, 4) is 0 Å². The van der Waals surface area contributed by atoms with Crippen LogP contribution in [0.2, 0.25) is 5.02 Å². The van der Waals surface area contributed by atoms with Crippen LogP contribution in [0.3, 0.4) is 0 Å². The van der Waals surface area contributed by atoms with E-state index < -0.39 is 0 Å². The van der Waals surface area contributed by atoms with E-state index in [0.29, 0.717) is 33.7 Å². The fourth-order valence-electron chi connectivity index (χ4n) is 1.54. The van der Waals surface area contributed by atoms with E-state index in [4.69, 9.17) is 29.6 Å². The van der Waals surface area contributed by atoms with Gasteiger partial charge >= 0.3 is 0 Å². The van der Waals surface area contributed by atoms with Crippen molar-refractivity contribution in [2.24, 2.45) is 11.7 Å². The van der Waals surface area contributed by atoms with Crippen LogP contribution in [0.1, 0.15) is 26.3 Å². The molecule has 110 valence electrons. The molecule has 0 aliphatic heterocycles. The van der Waals surface area contributed by atoms with Crippen molar-refractivity contribution in [1.29, 1.82) is 0 Å². The Kier molecular flexibility index (Phi) is 6.23. The number of anilines is 1. The van der Waals surface area contributed by atoms with E-state index in [-0.39, 0.29) is 11.9 Å². The van der Waals surface area contributed by atoms with E-state index in [2.05, 4.69) is 10.6 Å². The molecule has 0 radical (unpaired) electrons. The molecule has 4 N–H and O–H groups in total. The average molecular weight is 314 g/mol. The van der Waals surface area contributed by atoms with Crippen LogP contribution >= 0.6 is 23.8 Å². The molecule has 1 aromatic rings. The predicted molar refractivity (Wildman–Crippen MR) is 88.3 cm³/mol. The van der Waals surface area contributed by atoms with Gasteiger partial charge in [0.15, 0.2) is 0 Å². The van der Waals surface area contributed by atoms with Crippen LogP contribution in [0.5, 0.6) is 0 Å². The van der Waals surface area contributed by atoms with Crippen LogP contribution in [-0.4, -0.2) is 23.5 Å². The monoisotopic (exact) mass is 313 g/mol. The van der Waals surface area contributed by atoms with E-state index in [1.165, 1.54) is 0 Å². The molecule has 20 heavy (non-hydrogen) atoms. The van der Waals surface area contributed by atoms with Gasteiger partial charge in [0, 0.05) is 12.1 Å². The lowest BCUT2D eigenvalue weighted by atomic mass is 10.2. The Morgan fingerprint density at radius 1 is 1.40 bits per heavy atom. The molecule has 0 fully saturated rings. The Bertz CT molecular complexity index is 505. The second-order valence-electron chi connectivity index (χ2n) is 5.06. The maximum atomic E-state index is 11.9. The second-order valence-corrected chi connectivity index (χ2v) is 5.91. The molecule has 0 aliphatic rings. The number of carbonyl (C=O) groups is 1. The van der Waals surface area contributed by atoms with Gasteiger partial charge in [-0.3, -0.25) is 4.79 Å². The van der Waals surface area contributed by atoms with Gasteiger partial charge in [-0.05, 0) is 31.0 Å².